The number of hydrogen-bond donors (Lipinski definition) is 2. The summed E-state index contributed by atoms with van der Waals surface area (Å²) in [6, 6.07) is 1.75. The zero-order chi connectivity index (χ0) is 17.5. The second-order valence-electron chi connectivity index (χ2n) is 5.15. The largest absolute Gasteiger partial charge is 0.456 e. The van der Waals surface area contributed by atoms with E-state index in [1.807, 2.05) is 6.92 Å². The lowest BCUT2D eigenvalue weighted by atomic mass is 10.2. The van der Waals surface area contributed by atoms with Crippen LogP contribution in [0.2, 0.25) is 0 Å². The van der Waals surface area contributed by atoms with Crippen LogP contribution >= 0.6 is 0 Å². The molecule has 0 aliphatic heterocycles. The van der Waals surface area contributed by atoms with Gasteiger partial charge in [-0.3, -0.25) is 9.69 Å². The van der Waals surface area contributed by atoms with Gasteiger partial charge in [0.1, 0.15) is 5.76 Å². The molecule has 0 fully saturated rings. The van der Waals surface area contributed by atoms with Crippen molar-refractivity contribution in [2.75, 3.05) is 32.4 Å². The lowest BCUT2D eigenvalue weighted by Crippen LogP contribution is -2.32. The molecule has 0 aliphatic rings. The Morgan fingerprint density at radius 2 is 1.91 bits per heavy atom. The number of furan rings is 1. The predicted octanol–water partition coefficient (Wildman–Crippen LogP) is 0.963. The number of amides is 1. The number of sulfonamides is 1. The van der Waals surface area contributed by atoms with Gasteiger partial charge in [-0.1, -0.05) is 20.8 Å². The molecule has 2 N–H and O–H groups in total. The molecule has 132 valence electrons. The summed E-state index contributed by atoms with van der Waals surface area (Å²) in [7, 11) is -1.99. The van der Waals surface area contributed by atoms with Gasteiger partial charge in [0.25, 0.3) is 5.91 Å². The zero-order valence-electron chi connectivity index (χ0n) is 14.3. The first kappa shape index (κ1) is 19.7. The van der Waals surface area contributed by atoms with Crippen molar-refractivity contribution in [1.29, 1.82) is 0 Å². The molecule has 0 spiro atoms. The van der Waals surface area contributed by atoms with Crippen LogP contribution in [0.5, 0.6) is 0 Å². The van der Waals surface area contributed by atoms with E-state index in [0.29, 0.717) is 6.42 Å². The van der Waals surface area contributed by atoms with E-state index < -0.39 is 15.9 Å². The van der Waals surface area contributed by atoms with Crippen molar-refractivity contribution in [2.45, 2.75) is 33.7 Å². The van der Waals surface area contributed by atoms with Gasteiger partial charge in [0.15, 0.2) is 5.76 Å². The Morgan fingerprint density at radius 3 is 2.43 bits per heavy atom. The van der Waals surface area contributed by atoms with Gasteiger partial charge in [0.05, 0.1) is 5.75 Å². The van der Waals surface area contributed by atoms with Crippen LogP contribution in [0.15, 0.2) is 10.5 Å². The van der Waals surface area contributed by atoms with Crippen LogP contribution in [-0.2, 0) is 23.0 Å². The fourth-order valence-electron chi connectivity index (χ4n) is 2.19. The molecule has 1 amide bonds. The van der Waals surface area contributed by atoms with Gasteiger partial charge in [-0.15, -0.1) is 0 Å². The minimum atomic E-state index is -3.33. The number of carbonyl (C=O) groups is 1. The summed E-state index contributed by atoms with van der Waals surface area (Å²) >= 11 is 0. The maximum absolute atomic E-state index is 12.1. The van der Waals surface area contributed by atoms with Crippen LogP contribution < -0.4 is 10.0 Å². The van der Waals surface area contributed by atoms with Gasteiger partial charge < -0.3 is 9.73 Å². The minimum absolute atomic E-state index is 0.0372. The van der Waals surface area contributed by atoms with Crippen molar-refractivity contribution in [1.82, 2.24) is 14.9 Å². The highest BCUT2D eigenvalue weighted by molar-refractivity contribution is 7.89. The van der Waals surface area contributed by atoms with Crippen LogP contribution in [-0.4, -0.2) is 51.7 Å². The lowest BCUT2D eigenvalue weighted by molar-refractivity contribution is 0.0927. The summed E-state index contributed by atoms with van der Waals surface area (Å²) in [5.74, 6) is 0.468. The summed E-state index contributed by atoms with van der Waals surface area (Å²) in [5, 5.41) is 2.57. The second-order valence-corrected chi connectivity index (χ2v) is 7.20. The highest BCUT2D eigenvalue weighted by atomic mass is 32.2. The fourth-order valence-corrected chi connectivity index (χ4v) is 2.76. The standard InChI is InChI=1S/C15H27N3O4S/c1-5-13-12(11-18(6-2)7-3)10-14(22-13)15(19)17-8-9-23(20,21)16-4/h10,16H,5-9,11H2,1-4H3,(H,17,19). The average molecular weight is 345 g/mol. The van der Waals surface area contributed by atoms with Crippen LogP contribution in [0.1, 0.15) is 42.6 Å². The third-order valence-electron chi connectivity index (χ3n) is 3.70. The fraction of sp³-hybridized carbons (Fsp3) is 0.667. The predicted molar refractivity (Wildman–Crippen MR) is 89.9 cm³/mol. The van der Waals surface area contributed by atoms with Crippen LogP contribution in [0.3, 0.4) is 0 Å². The minimum Gasteiger partial charge on any atom is -0.456 e. The first-order chi connectivity index (χ1) is 10.9. The Balaban J connectivity index is 2.72. The molecule has 23 heavy (non-hydrogen) atoms. The lowest BCUT2D eigenvalue weighted by Gasteiger charge is -2.17. The number of nitrogens with zero attached hydrogens (tertiary/aromatic N) is 1. The van der Waals surface area contributed by atoms with Gasteiger partial charge in [0, 0.05) is 25.1 Å². The first-order valence-corrected chi connectivity index (χ1v) is 9.55. The summed E-state index contributed by atoms with van der Waals surface area (Å²) in [6.45, 7) is 8.78. The van der Waals surface area contributed by atoms with Crippen LogP contribution in [0, 0.1) is 0 Å². The Kier molecular flexibility index (Phi) is 7.74. The quantitative estimate of drug-likeness (QED) is 0.659. The SMILES string of the molecule is CCc1oc(C(=O)NCCS(=O)(=O)NC)cc1CN(CC)CC. The van der Waals surface area contributed by atoms with Crippen molar-refractivity contribution in [3.8, 4) is 0 Å². The summed E-state index contributed by atoms with van der Waals surface area (Å²) in [5.41, 5.74) is 1.00. The highest BCUT2D eigenvalue weighted by Gasteiger charge is 2.17. The first-order valence-electron chi connectivity index (χ1n) is 7.90. The molecule has 8 heteroatoms. The van der Waals surface area contributed by atoms with E-state index in [9.17, 15) is 13.2 Å². The Labute approximate surface area is 138 Å². The van der Waals surface area contributed by atoms with E-state index in [1.54, 1.807) is 6.07 Å². The van der Waals surface area contributed by atoms with Gasteiger partial charge in [-0.2, -0.15) is 0 Å². The molecule has 0 aliphatic carbocycles. The zero-order valence-corrected chi connectivity index (χ0v) is 15.1. The molecule has 0 saturated heterocycles. The smallest absolute Gasteiger partial charge is 0.287 e. The molecule has 0 unspecified atom stereocenters. The third-order valence-corrected chi connectivity index (χ3v) is 5.06. The molecule has 1 aromatic rings. The van der Waals surface area contributed by atoms with Crippen LogP contribution in [0.25, 0.3) is 0 Å². The molecule has 0 radical (unpaired) electrons. The molecule has 0 bridgehead atoms. The van der Waals surface area contributed by atoms with E-state index in [0.717, 1.165) is 31.0 Å². The van der Waals surface area contributed by atoms with E-state index in [1.165, 1.54) is 7.05 Å². The maximum Gasteiger partial charge on any atom is 0.287 e. The number of aryl methyl sites for hydroxylation is 1. The van der Waals surface area contributed by atoms with E-state index in [4.69, 9.17) is 4.42 Å². The number of carbonyl (C=O) groups excluding carboxylic acids is 1. The van der Waals surface area contributed by atoms with Crippen molar-refractivity contribution >= 4 is 15.9 Å². The van der Waals surface area contributed by atoms with Gasteiger partial charge >= 0.3 is 0 Å². The Bertz CT molecular complexity index is 606. The number of nitrogens with one attached hydrogen (secondary N) is 2. The molecule has 1 rings (SSSR count). The van der Waals surface area contributed by atoms with Gasteiger partial charge in [-0.05, 0) is 26.2 Å². The molecule has 1 aromatic heterocycles. The highest BCUT2D eigenvalue weighted by Crippen LogP contribution is 2.18. The Hall–Kier alpha value is -1.38. The van der Waals surface area contributed by atoms with Crippen molar-refractivity contribution in [2.24, 2.45) is 0 Å². The second kappa shape index (κ2) is 9.05. The van der Waals surface area contributed by atoms with Gasteiger partial charge in [0.2, 0.25) is 10.0 Å². The average Bonchev–Trinajstić information content (AvgIpc) is 2.95. The van der Waals surface area contributed by atoms with Crippen molar-refractivity contribution in [3.63, 3.8) is 0 Å². The van der Waals surface area contributed by atoms with Gasteiger partial charge in [-0.25, -0.2) is 13.1 Å². The molecule has 0 atom stereocenters. The number of hydrogen-bond acceptors (Lipinski definition) is 5. The van der Waals surface area contributed by atoms with Crippen molar-refractivity contribution in [3.05, 3.63) is 23.2 Å². The third kappa shape index (κ3) is 5.96. The molecule has 1 heterocycles. The Morgan fingerprint density at radius 1 is 1.26 bits per heavy atom. The van der Waals surface area contributed by atoms with E-state index >= 15 is 0 Å². The summed E-state index contributed by atoms with van der Waals surface area (Å²) in [4.78, 5) is 14.3. The molecule has 7 nitrogen and oxygen atoms in total. The molecule has 0 aromatic carbocycles. The van der Waals surface area contributed by atoms with E-state index in [2.05, 4.69) is 28.8 Å². The summed E-state index contributed by atoms with van der Waals surface area (Å²) < 4.78 is 30.5. The van der Waals surface area contributed by atoms with E-state index in [-0.39, 0.29) is 18.1 Å². The molecular weight excluding hydrogens is 318 g/mol. The van der Waals surface area contributed by atoms with Crippen molar-refractivity contribution < 1.29 is 17.6 Å². The summed E-state index contributed by atoms with van der Waals surface area (Å²) in [6.07, 6.45) is 0.706. The molecular formula is C15H27N3O4S. The maximum atomic E-state index is 12.1. The topological polar surface area (TPSA) is 91.6 Å². The van der Waals surface area contributed by atoms with Crippen LogP contribution in [0.4, 0.5) is 0 Å². The molecule has 0 saturated carbocycles. The monoisotopic (exact) mass is 345 g/mol. The number of rotatable bonds is 10. The normalized spacial score (nSPS) is 11.9.